The third kappa shape index (κ3) is 8.24. The zero-order valence-electron chi connectivity index (χ0n) is 24.0. The molecule has 0 unspecified atom stereocenters. The molecule has 0 aliphatic rings. The summed E-state index contributed by atoms with van der Waals surface area (Å²) in [5.41, 5.74) is 1.70. The van der Waals surface area contributed by atoms with Gasteiger partial charge in [0.05, 0.1) is 17.7 Å². The van der Waals surface area contributed by atoms with Gasteiger partial charge in [-0.1, -0.05) is 62.2 Å². The number of benzene rings is 3. The van der Waals surface area contributed by atoms with E-state index >= 15 is 0 Å². The number of rotatable bonds is 14. The Morgan fingerprint density at radius 2 is 1.68 bits per heavy atom. The van der Waals surface area contributed by atoms with Gasteiger partial charge in [0.25, 0.3) is 10.0 Å². The van der Waals surface area contributed by atoms with Crippen LogP contribution in [0, 0.1) is 6.92 Å². The lowest BCUT2D eigenvalue weighted by Crippen LogP contribution is -2.52. The van der Waals surface area contributed by atoms with Crippen molar-refractivity contribution in [3.05, 3.63) is 88.9 Å². The number of methoxy groups -OCH3 is 1. The summed E-state index contributed by atoms with van der Waals surface area (Å²) >= 11 is 6.17. The normalized spacial score (nSPS) is 11.9. The molecule has 0 saturated heterocycles. The second kappa shape index (κ2) is 14.9. The van der Waals surface area contributed by atoms with Gasteiger partial charge in [0.2, 0.25) is 11.8 Å². The number of sulfonamides is 1. The van der Waals surface area contributed by atoms with Crippen LogP contribution in [0.5, 0.6) is 5.75 Å². The average molecular weight is 600 g/mol. The predicted molar refractivity (Wildman–Crippen MR) is 163 cm³/mol. The molecule has 0 spiro atoms. The minimum atomic E-state index is -4.14. The number of hydrogen-bond acceptors (Lipinski definition) is 5. The lowest BCUT2D eigenvalue weighted by Gasteiger charge is -2.33. The Morgan fingerprint density at radius 1 is 1.00 bits per heavy atom. The summed E-state index contributed by atoms with van der Waals surface area (Å²) in [5, 5.41) is 3.38. The molecule has 1 N–H and O–H groups in total. The molecule has 0 fully saturated rings. The molecule has 3 rings (SSSR count). The first-order valence-corrected chi connectivity index (χ1v) is 15.5. The van der Waals surface area contributed by atoms with Crippen LogP contribution in [-0.4, -0.2) is 51.4 Å². The van der Waals surface area contributed by atoms with Gasteiger partial charge >= 0.3 is 0 Å². The Morgan fingerprint density at radius 3 is 2.27 bits per heavy atom. The maximum Gasteiger partial charge on any atom is 0.264 e. The Balaban J connectivity index is 2.05. The van der Waals surface area contributed by atoms with E-state index in [4.69, 9.17) is 16.3 Å². The van der Waals surface area contributed by atoms with Crippen LogP contribution in [0.3, 0.4) is 0 Å². The lowest BCUT2D eigenvalue weighted by molar-refractivity contribution is -0.140. The second-order valence-electron chi connectivity index (χ2n) is 9.69. The van der Waals surface area contributed by atoms with Crippen LogP contribution in [0.2, 0.25) is 5.02 Å². The smallest absolute Gasteiger partial charge is 0.264 e. The molecule has 0 aliphatic heterocycles. The van der Waals surface area contributed by atoms with Crippen LogP contribution >= 0.6 is 11.6 Å². The molecule has 3 aromatic rings. The highest BCUT2D eigenvalue weighted by Gasteiger charge is 2.34. The van der Waals surface area contributed by atoms with Gasteiger partial charge in [-0.15, -0.1) is 0 Å². The van der Waals surface area contributed by atoms with Crippen molar-refractivity contribution in [2.75, 3.05) is 24.5 Å². The van der Waals surface area contributed by atoms with E-state index < -0.39 is 28.5 Å². The van der Waals surface area contributed by atoms with Gasteiger partial charge in [-0.05, 0) is 73.4 Å². The van der Waals surface area contributed by atoms with Crippen molar-refractivity contribution in [2.24, 2.45) is 0 Å². The Bertz CT molecular complexity index is 1420. The number of amides is 2. The summed E-state index contributed by atoms with van der Waals surface area (Å²) in [4.78, 5) is 28.9. The van der Waals surface area contributed by atoms with Crippen LogP contribution in [0.15, 0.2) is 77.7 Å². The molecule has 0 radical (unpaired) electrons. The number of carbonyl (C=O) groups excluding carboxylic acids is 2. The molecule has 0 aliphatic carbocycles. The summed E-state index contributed by atoms with van der Waals surface area (Å²) in [6.45, 7) is 5.71. The monoisotopic (exact) mass is 599 g/mol. The average Bonchev–Trinajstić information content (AvgIpc) is 2.97. The summed E-state index contributed by atoms with van der Waals surface area (Å²) in [5.74, 6) is -0.121. The standard InChI is InChI=1S/C31H38ClN3O5S/c1-5-7-19-33-31(37)28(6-2)34(21-24-13-16-26(40-4)17-14-24)30(36)22-35(29-18-15-25(32)20-23(29)3)41(38,39)27-11-9-8-10-12-27/h8-18,20,28H,5-7,19,21-22H2,1-4H3,(H,33,37)/t28-/m0/s1. The molecule has 1 atom stereocenters. The van der Waals surface area contributed by atoms with Crippen LogP contribution < -0.4 is 14.4 Å². The Kier molecular flexibility index (Phi) is 11.6. The summed E-state index contributed by atoms with van der Waals surface area (Å²) in [6.07, 6.45) is 2.08. The summed E-state index contributed by atoms with van der Waals surface area (Å²) in [7, 11) is -2.58. The van der Waals surface area contributed by atoms with Gasteiger partial charge in [0.1, 0.15) is 18.3 Å². The Labute approximate surface area is 248 Å². The minimum absolute atomic E-state index is 0.0493. The van der Waals surface area contributed by atoms with Gasteiger partial charge in [-0.2, -0.15) is 0 Å². The highest BCUT2D eigenvalue weighted by Crippen LogP contribution is 2.29. The molecule has 10 heteroatoms. The third-order valence-corrected chi connectivity index (χ3v) is 8.77. The number of anilines is 1. The number of ether oxygens (including phenoxy) is 1. The molecule has 2 amide bonds. The van der Waals surface area contributed by atoms with E-state index in [1.165, 1.54) is 17.0 Å². The number of nitrogens with zero attached hydrogens (tertiary/aromatic N) is 2. The van der Waals surface area contributed by atoms with Crippen molar-refractivity contribution in [1.29, 1.82) is 0 Å². The molecule has 0 saturated carbocycles. The van der Waals surface area contributed by atoms with Crippen molar-refractivity contribution in [1.82, 2.24) is 10.2 Å². The quantitative estimate of drug-likeness (QED) is 0.244. The minimum Gasteiger partial charge on any atom is -0.497 e. The SMILES string of the molecule is CCCCNC(=O)[C@H](CC)N(Cc1ccc(OC)cc1)C(=O)CN(c1ccc(Cl)cc1C)S(=O)(=O)c1ccccc1. The highest BCUT2D eigenvalue weighted by molar-refractivity contribution is 7.92. The molecule has 3 aromatic carbocycles. The molecule has 0 bridgehead atoms. The lowest BCUT2D eigenvalue weighted by atomic mass is 10.1. The van der Waals surface area contributed by atoms with Crippen LogP contribution in [0.1, 0.15) is 44.2 Å². The number of carbonyl (C=O) groups is 2. The van der Waals surface area contributed by atoms with E-state index in [1.807, 2.05) is 26.0 Å². The number of hydrogen-bond donors (Lipinski definition) is 1. The van der Waals surface area contributed by atoms with Crippen molar-refractivity contribution in [2.45, 2.75) is 57.5 Å². The van der Waals surface area contributed by atoms with E-state index in [0.717, 1.165) is 22.7 Å². The molecule has 0 heterocycles. The number of aryl methyl sites for hydroxylation is 1. The van der Waals surface area contributed by atoms with Gasteiger partial charge < -0.3 is 15.0 Å². The number of nitrogens with one attached hydrogen (secondary N) is 1. The predicted octanol–water partition coefficient (Wildman–Crippen LogP) is 5.58. The second-order valence-corrected chi connectivity index (χ2v) is 12.0. The third-order valence-electron chi connectivity index (χ3n) is 6.77. The zero-order valence-corrected chi connectivity index (χ0v) is 25.5. The molecule has 220 valence electrons. The Hall–Kier alpha value is -3.56. The van der Waals surface area contributed by atoms with Gasteiger partial charge in [0, 0.05) is 18.1 Å². The molecule has 0 aromatic heterocycles. The zero-order chi connectivity index (χ0) is 30.0. The fraction of sp³-hybridized carbons (Fsp3) is 0.355. The van der Waals surface area contributed by atoms with Crippen molar-refractivity contribution < 1.29 is 22.7 Å². The first kappa shape index (κ1) is 32.0. The van der Waals surface area contributed by atoms with E-state index in [2.05, 4.69) is 5.32 Å². The number of unbranched alkanes of at least 4 members (excludes halogenated alkanes) is 1. The maximum atomic E-state index is 14.1. The number of halogens is 1. The molecular weight excluding hydrogens is 562 g/mol. The summed E-state index contributed by atoms with van der Waals surface area (Å²) < 4.78 is 34.2. The molecular formula is C31H38ClN3O5S. The highest BCUT2D eigenvalue weighted by atomic mass is 35.5. The fourth-order valence-corrected chi connectivity index (χ4v) is 6.21. The van der Waals surface area contributed by atoms with Crippen molar-refractivity contribution in [3.63, 3.8) is 0 Å². The van der Waals surface area contributed by atoms with E-state index in [-0.39, 0.29) is 17.3 Å². The molecule has 41 heavy (non-hydrogen) atoms. The largest absolute Gasteiger partial charge is 0.497 e. The van der Waals surface area contributed by atoms with Crippen LogP contribution in [0.4, 0.5) is 5.69 Å². The van der Waals surface area contributed by atoms with Gasteiger partial charge in [0.15, 0.2) is 0 Å². The van der Waals surface area contributed by atoms with Crippen LogP contribution in [0.25, 0.3) is 0 Å². The maximum absolute atomic E-state index is 14.1. The van der Waals surface area contributed by atoms with E-state index in [0.29, 0.717) is 35.0 Å². The van der Waals surface area contributed by atoms with Crippen LogP contribution in [-0.2, 0) is 26.2 Å². The molecule has 8 nitrogen and oxygen atoms in total. The van der Waals surface area contributed by atoms with Gasteiger partial charge in [-0.25, -0.2) is 8.42 Å². The van der Waals surface area contributed by atoms with Crippen molar-refractivity contribution >= 4 is 39.1 Å². The fourth-order valence-electron chi connectivity index (χ4n) is 4.49. The first-order chi connectivity index (χ1) is 19.6. The van der Waals surface area contributed by atoms with Crippen molar-refractivity contribution in [3.8, 4) is 5.75 Å². The van der Waals surface area contributed by atoms with Gasteiger partial charge in [-0.3, -0.25) is 13.9 Å². The van der Waals surface area contributed by atoms with E-state index in [1.54, 1.807) is 62.6 Å². The van der Waals surface area contributed by atoms with E-state index in [9.17, 15) is 18.0 Å². The summed E-state index contributed by atoms with van der Waals surface area (Å²) in [6, 6.07) is 19.2. The first-order valence-electron chi connectivity index (χ1n) is 13.7. The topological polar surface area (TPSA) is 96.0 Å².